The molecular formula is C32H29N5O4. The van der Waals surface area contributed by atoms with Crippen molar-refractivity contribution in [3.8, 4) is 0 Å². The van der Waals surface area contributed by atoms with Crippen LogP contribution in [0.15, 0.2) is 90.0 Å². The van der Waals surface area contributed by atoms with E-state index in [2.05, 4.69) is 20.5 Å². The van der Waals surface area contributed by atoms with Crippen molar-refractivity contribution in [2.45, 2.75) is 25.8 Å². The monoisotopic (exact) mass is 547 g/mol. The van der Waals surface area contributed by atoms with Crippen LogP contribution in [0, 0.1) is 5.92 Å². The minimum absolute atomic E-state index is 0.0271. The highest BCUT2D eigenvalue weighted by Gasteiger charge is 2.35. The lowest BCUT2D eigenvalue weighted by Crippen LogP contribution is -2.47. The summed E-state index contributed by atoms with van der Waals surface area (Å²) >= 11 is 0. The van der Waals surface area contributed by atoms with E-state index in [1.165, 1.54) is 13.1 Å². The first-order chi connectivity index (χ1) is 19.9. The molecular weight excluding hydrogens is 518 g/mol. The maximum atomic E-state index is 13.3. The van der Waals surface area contributed by atoms with Crippen molar-refractivity contribution in [2.75, 3.05) is 28.6 Å². The Kier molecular flexibility index (Phi) is 6.93. The summed E-state index contributed by atoms with van der Waals surface area (Å²) in [7, 11) is 0. The Morgan fingerprint density at radius 3 is 2.44 bits per heavy atom. The molecule has 9 nitrogen and oxygen atoms in total. The maximum absolute atomic E-state index is 13.3. The highest BCUT2D eigenvalue weighted by atomic mass is 16.2. The molecule has 2 amide bonds. The second-order valence-electron chi connectivity index (χ2n) is 10.6. The number of Topliss-reactive ketones (excluding diaryl/α,β-unsaturated/α-hetero) is 1. The van der Waals surface area contributed by atoms with Gasteiger partial charge in [0.25, 0.3) is 17.4 Å². The highest BCUT2D eigenvalue weighted by molar-refractivity contribution is 6.09. The molecule has 2 bridgehead atoms. The minimum Gasteiger partial charge on any atom is -0.369 e. The Labute approximate surface area is 236 Å². The van der Waals surface area contributed by atoms with Crippen LogP contribution in [0.1, 0.15) is 56.0 Å². The lowest BCUT2D eigenvalue weighted by Gasteiger charge is -2.44. The van der Waals surface area contributed by atoms with E-state index in [1.54, 1.807) is 60.8 Å². The molecule has 4 aromatic rings. The van der Waals surface area contributed by atoms with Crippen LogP contribution < -0.4 is 21.1 Å². The Bertz CT molecular complexity index is 1710. The number of rotatable bonds is 6. The van der Waals surface area contributed by atoms with Crippen LogP contribution >= 0.6 is 0 Å². The van der Waals surface area contributed by atoms with E-state index in [0.29, 0.717) is 41.2 Å². The Hall–Kier alpha value is -5.05. The SMILES string of the molecule is CC(=O)c1cccc(NC(=O)c2ccc(N3CC4CC(C3)c3cccc(=O)n3C4)c(NC(=O)c3cccnc3)c2)c1. The topological polar surface area (TPSA) is 113 Å². The first-order valence-corrected chi connectivity index (χ1v) is 13.6. The Balaban J connectivity index is 1.32. The molecule has 0 radical (unpaired) electrons. The molecule has 2 aliphatic rings. The quantitative estimate of drug-likeness (QED) is 0.342. The molecule has 2 aromatic heterocycles. The molecule has 6 rings (SSSR count). The summed E-state index contributed by atoms with van der Waals surface area (Å²) in [5.74, 6) is -0.336. The second kappa shape index (κ2) is 10.8. The third kappa shape index (κ3) is 5.38. The number of piperidine rings is 1. The van der Waals surface area contributed by atoms with Gasteiger partial charge in [-0.05, 0) is 67.8 Å². The number of hydrogen-bond donors (Lipinski definition) is 2. The van der Waals surface area contributed by atoms with E-state index in [0.717, 1.165) is 24.3 Å². The van der Waals surface area contributed by atoms with Crippen molar-refractivity contribution >= 4 is 34.7 Å². The van der Waals surface area contributed by atoms with E-state index in [-0.39, 0.29) is 35.0 Å². The summed E-state index contributed by atoms with van der Waals surface area (Å²) in [6, 6.07) is 20.9. The predicted octanol–water partition coefficient (Wildman–Crippen LogP) is 4.57. The van der Waals surface area contributed by atoms with Gasteiger partial charge < -0.3 is 20.1 Å². The van der Waals surface area contributed by atoms with Gasteiger partial charge in [0.15, 0.2) is 5.78 Å². The molecule has 41 heavy (non-hydrogen) atoms. The summed E-state index contributed by atoms with van der Waals surface area (Å²) in [5.41, 5.74) is 4.14. The summed E-state index contributed by atoms with van der Waals surface area (Å²) in [4.78, 5) is 57.0. The lowest BCUT2D eigenvalue weighted by atomic mass is 9.83. The molecule has 4 heterocycles. The van der Waals surface area contributed by atoms with Crippen LogP contribution in [0.25, 0.3) is 0 Å². The van der Waals surface area contributed by atoms with Gasteiger partial charge in [0.05, 0.1) is 16.9 Å². The normalized spacial score (nSPS) is 17.3. The zero-order valence-electron chi connectivity index (χ0n) is 22.5. The number of nitrogens with one attached hydrogen (secondary N) is 2. The number of carbonyl (C=O) groups is 3. The van der Waals surface area contributed by atoms with Crippen molar-refractivity contribution in [1.29, 1.82) is 0 Å². The van der Waals surface area contributed by atoms with Gasteiger partial charge in [0, 0.05) is 66.5 Å². The number of anilines is 3. The van der Waals surface area contributed by atoms with Crippen LogP contribution in [0.5, 0.6) is 0 Å². The van der Waals surface area contributed by atoms with Gasteiger partial charge in [-0.25, -0.2) is 0 Å². The number of amides is 2. The molecule has 1 fully saturated rings. The smallest absolute Gasteiger partial charge is 0.257 e. The van der Waals surface area contributed by atoms with Gasteiger partial charge in [-0.1, -0.05) is 18.2 Å². The van der Waals surface area contributed by atoms with Gasteiger partial charge in [-0.3, -0.25) is 24.2 Å². The Morgan fingerprint density at radius 1 is 0.829 bits per heavy atom. The van der Waals surface area contributed by atoms with E-state index in [1.807, 2.05) is 22.8 Å². The predicted molar refractivity (Wildman–Crippen MR) is 157 cm³/mol. The van der Waals surface area contributed by atoms with E-state index < -0.39 is 0 Å². The molecule has 2 aliphatic heterocycles. The third-order valence-corrected chi connectivity index (χ3v) is 7.78. The van der Waals surface area contributed by atoms with Gasteiger partial charge in [-0.2, -0.15) is 0 Å². The van der Waals surface area contributed by atoms with Crippen LogP contribution in [0.2, 0.25) is 0 Å². The van der Waals surface area contributed by atoms with Gasteiger partial charge in [0.2, 0.25) is 0 Å². The number of benzene rings is 2. The van der Waals surface area contributed by atoms with Crippen molar-refractivity contribution in [2.24, 2.45) is 5.92 Å². The van der Waals surface area contributed by atoms with Crippen LogP contribution in [-0.4, -0.2) is 40.2 Å². The van der Waals surface area contributed by atoms with Gasteiger partial charge in [-0.15, -0.1) is 0 Å². The first kappa shape index (κ1) is 26.2. The summed E-state index contributed by atoms with van der Waals surface area (Å²) in [6.07, 6.45) is 4.09. The molecule has 0 spiro atoms. The van der Waals surface area contributed by atoms with Gasteiger partial charge in [0.1, 0.15) is 0 Å². The molecule has 2 atom stereocenters. The molecule has 0 aliphatic carbocycles. The summed E-state index contributed by atoms with van der Waals surface area (Å²) in [5, 5.41) is 5.85. The van der Waals surface area contributed by atoms with Crippen molar-refractivity contribution < 1.29 is 14.4 Å². The van der Waals surface area contributed by atoms with Crippen LogP contribution in [0.3, 0.4) is 0 Å². The molecule has 9 heteroatoms. The molecule has 2 unspecified atom stereocenters. The third-order valence-electron chi connectivity index (χ3n) is 7.78. The van der Waals surface area contributed by atoms with Crippen LogP contribution in [-0.2, 0) is 6.54 Å². The lowest BCUT2D eigenvalue weighted by molar-refractivity contribution is 0.101. The van der Waals surface area contributed by atoms with E-state index >= 15 is 0 Å². The van der Waals surface area contributed by atoms with E-state index in [4.69, 9.17) is 0 Å². The number of hydrogen-bond acceptors (Lipinski definition) is 6. The standard InChI is InChI=1S/C32H29N5O4/c1-20(38)22-5-2-7-26(14-22)34-31(40)23-10-11-29(27(15-23)35-32(41)24-6-4-12-33-16-24)36-17-21-13-25(19-36)28-8-3-9-30(39)37(28)18-21/h2-12,14-16,21,25H,13,17-19H2,1H3,(H,34,40)(H,35,41). The largest absolute Gasteiger partial charge is 0.369 e. The molecule has 206 valence electrons. The molecule has 1 saturated heterocycles. The molecule has 0 saturated carbocycles. The van der Waals surface area contributed by atoms with Crippen molar-refractivity contribution in [3.63, 3.8) is 0 Å². The fourth-order valence-corrected chi connectivity index (χ4v) is 5.86. The number of carbonyl (C=O) groups excluding carboxylic acids is 3. The van der Waals surface area contributed by atoms with Crippen LogP contribution in [0.4, 0.5) is 17.1 Å². The van der Waals surface area contributed by atoms with Crippen molar-refractivity contribution in [3.05, 3.63) is 118 Å². The van der Waals surface area contributed by atoms with Gasteiger partial charge >= 0.3 is 0 Å². The summed E-state index contributed by atoms with van der Waals surface area (Å²) in [6.45, 7) is 3.53. The zero-order chi connectivity index (χ0) is 28.5. The first-order valence-electron chi connectivity index (χ1n) is 13.6. The Morgan fingerprint density at radius 2 is 1.63 bits per heavy atom. The number of fused-ring (bicyclic) bond motifs is 4. The number of pyridine rings is 2. The summed E-state index contributed by atoms with van der Waals surface area (Å²) < 4.78 is 1.88. The average Bonchev–Trinajstić information content (AvgIpc) is 2.98. The number of aromatic nitrogens is 2. The zero-order valence-corrected chi connectivity index (χ0v) is 22.5. The van der Waals surface area contributed by atoms with E-state index in [9.17, 15) is 19.2 Å². The fourth-order valence-electron chi connectivity index (χ4n) is 5.86. The average molecular weight is 548 g/mol. The second-order valence-corrected chi connectivity index (χ2v) is 10.6. The molecule has 2 N–H and O–H groups in total. The molecule has 2 aromatic carbocycles. The number of nitrogens with zero attached hydrogens (tertiary/aromatic N) is 3. The van der Waals surface area contributed by atoms with Crippen molar-refractivity contribution in [1.82, 2.24) is 9.55 Å². The highest BCUT2D eigenvalue weighted by Crippen LogP contribution is 2.39. The number of ketones is 1. The minimum atomic E-state index is -0.363. The fraction of sp³-hybridized carbons (Fsp3) is 0.219. The maximum Gasteiger partial charge on any atom is 0.257 e.